The van der Waals surface area contributed by atoms with Gasteiger partial charge in [-0.15, -0.1) is 0 Å². The van der Waals surface area contributed by atoms with Crippen molar-refractivity contribution in [1.29, 1.82) is 0 Å². The number of ether oxygens (including phenoxy) is 1. The minimum absolute atomic E-state index is 0.152. The van der Waals surface area contributed by atoms with Gasteiger partial charge in [0, 0.05) is 19.4 Å². The van der Waals surface area contributed by atoms with Crippen LogP contribution in [-0.2, 0) is 16.0 Å². The Hall–Kier alpha value is -2.37. The lowest BCUT2D eigenvalue weighted by Gasteiger charge is -2.14. The second-order valence-corrected chi connectivity index (χ2v) is 5.83. The van der Waals surface area contributed by atoms with Gasteiger partial charge < -0.3 is 10.1 Å². The first-order valence-electron chi connectivity index (χ1n) is 7.81. The zero-order chi connectivity index (χ0) is 16.8. The third kappa shape index (κ3) is 4.55. The first-order chi connectivity index (χ1) is 11.0. The summed E-state index contributed by atoms with van der Waals surface area (Å²) in [5.41, 5.74) is 5.01. The standard InChI is InChI=1S/C17H23N3O3/c1-11(2)13-10-12(4-6-15(13)23-3)8-9-18-17(22)14-5-7-16(21)20-19-14/h4,6,10-11H,5,7-9H2,1-3H3,(H,18,22)(H,20,21). The largest absolute Gasteiger partial charge is 0.496 e. The molecule has 0 radical (unpaired) electrons. The lowest BCUT2D eigenvalue weighted by molar-refractivity contribution is -0.121. The molecule has 0 saturated carbocycles. The van der Waals surface area contributed by atoms with Crippen LogP contribution in [0.15, 0.2) is 23.3 Å². The molecular weight excluding hydrogens is 294 g/mol. The van der Waals surface area contributed by atoms with Crippen LogP contribution >= 0.6 is 0 Å². The van der Waals surface area contributed by atoms with E-state index in [1.54, 1.807) is 7.11 Å². The van der Waals surface area contributed by atoms with E-state index >= 15 is 0 Å². The fourth-order valence-electron chi connectivity index (χ4n) is 2.45. The molecule has 0 spiro atoms. The summed E-state index contributed by atoms with van der Waals surface area (Å²) in [6.07, 6.45) is 1.43. The number of nitrogens with zero attached hydrogens (tertiary/aromatic N) is 1. The van der Waals surface area contributed by atoms with Crippen LogP contribution in [0.2, 0.25) is 0 Å². The van der Waals surface area contributed by atoms with Crippen LogP contribution in [-0.4, -0.2) is 31.2 Å². The quantitative estimate of drug-likeness (QED) is 0.839. The summed E-state index contributed by atoms with van der Waals surface area (Å²) in [6.45, 7) is 4.77. The summed E-state index contributed by atoms with van der Waals surface area (Å²) in [4.78, 5) is 23.0. The average molecular weight is 317 g/mol. The van der Waals surface area contributed by atoms with Gasteiger partial charge >= 0.3 is 0 Å². The number of hydrogen-bond acceptors (Lipinski definition) is 4. The van der Waals surface area contributed by atoms with E-state index in [1.807, 2.05) is 12.1 Å². The molecule has 23 heavy (non-hydrogen) atoms. The van der Waals surface area contributed by atoms with Crippen molar-refractivity contribution in [3.63, 3.8) is 0 Å². The number of carbonyl (C=O) groups is 2. The summed E-state index contributed by atoms with van der Waals surface area (Å²) < 4.78 is 5.37. The molecule has 0 aromatic heterocycles. The Labute approximate surface area is 136 Å². The molecule has 0 bridgehead atoms. The predicted octanol–water partition coefficient (Wildman–Crippen LogP) is 1.74. The number of carbonyl (C=O) groups excluding carboxylic acids is 2. The van der Waals surface area contributed by atoms with Gasteiger partial charge in [-0.2, -0.15) is 5.10 Å². The number of amides is 2. The van der Waals surface area contributed by atoms with Gasteiger partial charge in [0.1, 0.15) is 11.5 Å². The maximum atomic E-state index is 12.0. The summed E-state index contributed by atoms with van der Waals surface area (Å²) in [6, 6.07) is 6.09. The summed E-state index contributed by atoms with van der Waals surface area (Å²) in [5, 5.41) is 6.63. The van der Waals surface area contributed by atoms with Gasteiger partial charge in [0.25, 0.3) is 5.91 Å². The molecule has 0 fully saturated rings. The van der Waals surface area contributed by atoms with E-state index in [0.29, 0.717) is 31.0 Å². The lowest BCUT2D eigenvalue weighted by atomic mass is 9.98. The van der Waals surface area contributed by atoms with Crippen molar-refractivity contribution < 1.29 is 14.3 Å². The highest BCUT2D eigenvalue weighted by Crippen LogP contribution is 2.27. The molecule has 2 rings (SSSR count). The number of hydrazone groups is 1. The van der Waals surface area contributed by atoms with Gasteiger partial charge in [-0.05, 0) is 29.5 Å². The van der Waals surface area contributed by atoms with Crippen LogP contribution in [0.25, 0.3) is 0 Å². The van der Waals surface area contributed by atoms with E-state index in [4.69, 9.17) is 4.74 Å². The third-order valence-electron chi connectivity index (χ3n) is 3.78. The molecule has 1 aromatic carbocycles. The minimum Gasteiger partial charge on any atom is -0.496 e. The maximum absolute atomic E-state index is 12.0. The highest BCUT2D eigenvalue weighted by atomic mass is 16.5. The molecular formula is C17H23N3O3. The molecule has 1 heterocycles. The second kappa shape index (κ2) is 7.76. The smallest absolute Gasteiger partial charge is 0.267 e. The average Bonchev–Trinajstić information content (AvgIpc) is 2.55. The topological polar surface area (TPSA) is 79.8 Å². The van der Waals surface area contributed by atoms with E-state index in [0.717, 1.165) is 23.3 Å². The van der Waals surface area contributed by atoms with Gasteiger partial charge in [-0.3, -0.25) is 9.59 Å². The summed E-state index contributed by atoms with van der Waals surface area (Å²) in [7, 11) is 1.67. The highest BCUT2D eigenvalue weighted by molar-refractivity contribution is 6.39. The van der Waals surface area contributed by atoms with Crippen LogP contribution in [0.1, 0.15) is 43.7 Å². The SMILES string of the molecule is COc1ccc(CCNC(=O)C2=NNC(=O)CC2)cc1C(C)C. The molecule has 124 valence electrons. The number of nitrogens with one attached hydrogen (secondary N) is 2. The molecule has 0 unspecified atom stereocenters. The van der Waals surface area contributed by atoms with Gasteiger partial charge in [0.2, 0.25) is 5.91 Å². The molecule has 1 aliphatic rings. The Morgan fingerprint density at radius 3 is 2.78 bits per heavy atom. The Balaban J connectivity index is 1.90. The van der Waals surface area contributed by atoms with Crippen molar-refractivity contribution in [3.05, 3.63) is 29.3 Å². The second-order valence-electron chi connectivity index (χ2n) is 5.83. The van der Waals surface area contributed by atoms with Crippen LogP contribution in [0.4, 0.5) is 0 Å². The normalized spacial score (nSPS) is 14.3. The zero-order valence-electron chi connectivity index (χ0n) is 13.8. The van der Waals surface area contributed by atoms with E-state index in [1.165, 1.54) is 0 Å². The van der Waals surface area contributed by atoms with Crippen LogP contribution in [0.5, 0.6) is 5.75 Å². The van der Waals surface area contributed by atoms with E-state index in [-0.39, 0.29) is 11.8 Å². The van der Waals surface area contributed by atoms with Gasteiger partial charge in [0.15, 0.2) is 0 Å². The van der Waals surface area contributed by atoms with Crippen molar-refractivity contribution >= 4 is 17.5 Å². The van der Waals surface area contributed by atoms with Crippen molar-refractivity contribution in [3.8, 4) is 5.75 Å². The van der Waals surface area contributed by atoms with E-state index in [9.17, 15) is 9.59 Å². The minimum atomic E-state index is -0.220. The number of hydrogen-bond donors (Lipinski definition) is 2. The van der Waals surface area contributed by atoms with Crippen LogP contribution < -0.4 is 15.5 Å². The van der Waals surface area contributed by atoms with Crippen molar-refractivity contribution in [2.45, 2.75) is 39.0 Å². The fraction of sp³-hybridized carbons (Fsp3) is 0.471. The van der Waals surface area contributed by atoms with Gasteiger partial charge in [-0.1, -0.05) is 26.0 Å². The van der Waals surface area contributed by atoms with Crippen molar-refractivity contribution in [2.24, 2.45) is 5.10 Å². The number of methoxy groups -OCH3 is 1. The number of rotatable bonds is 6. The molecule has 1 aromatic rings. The maximum Gasteiger partial charge on any atom is 0.267 e. The molecule has 0 aliphatic carbocycles. The predicted molar refractivity (Wildman–Crippen MR) is 88.6 cm³/mol. The van der Waals surface area contributed by atoms with Crippen molar-refractivity contribution in [1.82, 2.24) is 10.7 Å². The molecule has 0 atom stereocenters. The van der Waals surface area contributed by atoms with E-state index in [2.05, 4.69) is 35.8 Å². The highest BCUT2D eigenvalue weighted by Gasteiger charge is 2.17. The molecule has 2 N–H and O–H groups in total. The lowest BCUT2D eigenvalue weighted by Crippen LogP contribution is -2.37. The molecule has 2 amide bonds. The monoisotopic (exact) mass is 317 g/mol. The fourth-order valence-corrected chi connectivity index (χ4v) is 2.45. The summed E-state index contributed by atoms with van der Waals surface area (Å²) in [5.74, 6) is 0.892. The molecule has 6 nitrogen and oxygen atoms in total. The zero-order valence-corrected chi connectivity index (χ0v) is 13.8. The Bertz CT molecular complexity index is 624. The Kier molecular flexibility index (Phi) is 5.73. The van der Waals surface area contributed by atoms with Crippen LogP contribution in [0.3, 0.4) is 0 Å². The molecule has 0 saturated heterocycles. The number of benzene rings is 1. The summed E-state index contributed by atoms with van der Waals surface area (Å²) >= 11 is 0. The Morgan fingerprint density at radius 1 is 1.39 bits per heavy atom. The van der Waals surface area contributed by atoms with E-state index < -0.39 is 0 Å². The molecule has 1 aliphatic heterocycles. The van der Waals surface area contributed by atoms with Crippen LogP contribution in [0, 0.1) is 0 Å². The third-order valence-corrected chi connectivity index (χ3v) is 3.78. The van der Waals surface area contributed by atoms with Gasteiger partial charge in [-0.25, -0.2) is 5.43 Å². The molecule has 6 heteroatoms. The Morgan fingerprint density at radius 2 is 2.17 bits per heavy atom. The first kappa shape index (κ1) is 17.0. The van der Waals surface area contributed by atoms with Gasteiger partial charge in [0.05, 0.1) is 7.11 Å². The van der Waals surface area contributed by atoms with Crippen molar-refractivity contribution in [2.75, 3.05) is 13.7 Å². The first-order valence-corrected chi connectivity index (χ1v) is 7.81.